The fraction of sp³-hybridized carbons (Fsp3) is 0.474. The van der Waals surface area contributed by atoms with Crippen LogP contribution in [0.1, 0.15) is 21.8 Å². The van der Waals surface area contributed by atoms with Gasteiger partial charge >= 0.3 is 6.18 Å². The van der Waals surface area contributed by atoms with Gasteiger partial charge in [-0.3, -0.25) is 4.99 Å². The van der Waals surface area contributed by atoms with Crippen molar-refractivity contribution in [1.82, 2.24) is 15.6 Å². The third-order valence-corrected chi connectivity index (χ3v) is 4.82. The van der Waals surface area contributed by atoms with E-state index in [1.54, 1.807) is 14.2 Å². The van der Waals surface area contributed by atoms with Crippen molar-refractivity contribution in [2.24, 2.45) is 4.99 Å². The lowest BCUT2D eigenvalue weighted by Gasteiger charge is -2.15. The molecular formula is C19H26F3IN4O2S. The van der Waals surface area contributed by atoms with Crippen molar-refractivity contribution in [2.45, 2.75) is 26.1 Å². The molecule has 0 aliphatic heterocycles. The summed E-state index contributed by atoms with van der Waals surface area (Å²) < 4.78 is 48.6. The van der Waals surface area contributed by atoms with E-state index in [0.717, 1.165) is 33.6 Å². The molecule has 2 aromatic rings. The molecule has 0 atom stereocenters. The van der Waals surface area contributed by atoms with Crippen LogP contribution in [0.25, 0.3) is 0 Å². The van der Waals surface area contributed by atoms with E-state index < -0.39 is 11.9 Å². The van der Waals surface area contributed by atoms with Crippen molar-refractivity contribution in [3.05, 3.63) is 45.4 Å². The van der Waals surface area contributed by atoms with E-state index in [1.165, 1.54) is 0 Å². The fourth-order valence-corrected chi connectivity index (χ4v) is 3.23. The maximum Gasteiger partial charge on any atom is 0.434 e. The SMILES string of the molecule is CN=C(NCCc1nc(C(F)(F)F)cs1)NCc1ccc(C)cc1OCCOC.I. The molecule has 0 spiro atoms. The molecule has 0 radical (unpaired) electrons. The molecule has 1 aromatic carbocycles. The molecule has 2 N–H and O–H groups in total. The number of alkyl halides is 3. The van der Waals surface area contributed by atoms with Crippen LogP contribution in [0.2, 0.25) is 0 Å². The highest BCUT2D eigenvalue weighted by Crippen LogP contribution is 2.30. The van der Waals surface area contributed by atoms with E-state index >= 15 is 0 Å². The highest BCUT2D eigenvalue weighted by atomic mass is 127. The number of thiazole rings is 1. The first-order valence-electron chi connectivity index (χ1n) is 9.01. The Bertz CT molecular complexity index is 815. The van der Waals surface area contributed by atoms with Gasteiger partial charge in [-0.05, 0) is 18.6 Å². The number of nitrogens with one attached hydrogen (secondary N) is 2. The summed E-state index contributed by atoms with van der Waals surface area (Å²) >= 11 is 1.00. The normalized spacial score (nSPS) is 11.7. The number of nitrogens with zero attached hydrogens (tertiary/aromatic N) is 2. The number of aryl methyl sites for hydroxylation is 1. The Morgan fingerprint density at radius 1 is 1.23 bits per heavy atom. The number of guanidine groups is 1. The first-order chi connectivity index (χ1) is 13.8. The molecule has 1 heterocycles. The van der Waals surface area contributed by atoms with Crippen LogP contribution >= 0.6 is 35.3 Å². The summed E-state index contributed by atoms with van der Waals surface area (Å²) in [5, 5.41) is 7.72. The number of benzene rings is 1. The molecule has 2 rings (SSSR count). The average Bonchev–Trinajstić information content (AvgIpc) is 3.15. The number of methoxy groups -OCH3 is 1. The third kappa shape index (κ3) is 8.64. The Morgan fingerprint density at radius 2 is 2.00 bits per heavy atom. The smallest absolute Gasteiger partial charge is 0.434 e. The molecule has 30 heavy (non-hydrogen) atoms. The predicted octanol–water partition coefficient (Wildman–Crippen LogP) is 4.02. The number of halogens is 4. The summed E-state index contributed by atoms with van der Waals surface area (Å²) in [6.45, 7) is 3.83. The maximum absolute atomic E-state index is 12.6. The van der Waals surface area contributed by atoms with E-state index in [2.05, 4.69) is 20.6 Å². The minimum atomic E-state index is -4.41. The number of aromatic nitrogens is 1. The quantitative estimate of drug-likeness (QED) is 0.211. The minimum absolute atomic E-state index is 0. The summed E-state index contributed by atoms with van der Waals surface area (Å²) in [4.78, 5) is 7.76. The van der Waals surface area contributed by atoms with Crippen molar-refractivity contribution < 1.29 is 22.6 Å². The lowest BCUT2D eigenvalue weighted by molar-refractivity contribution is -0.140. The molecule has 0 amide bonds. The number of hydrogen-bond donors (Lipinski definition) is 2. The Hall–Kier alpha value is -1.60. The summed E-state index contributed by atoms with van der Waals surface area (Å²) in [7, 11) is 3.25. The Balaban J connectivity index is 0.00000450. The van der Waals surface area contributed by atoms with Crippen LogP contribution in [-0.2, 0) is 23.9 Å². The second kappa shape index (κ2) is 13.0. The van der Waals surface area contributed by atoms with Gasteiger partial charge in [0.05, 0.1) is 11.6 Å². The van der Waals surface area contributed by atoms with Crippen LogP contribution in [0.15, 0.2) is 28.6 Å². The van der Waals surface area contributed by atoms with Crippen LogP contribution < -0.4 is 15.4 Å². The van der Waals surface area contributed by atoms with Gasteiger partial charge < -0.3 is 20.1 Å². The van der Waals surface area contributed by atoms with Crippen molar-refractivity contribution >= 4 is 41.3 Å². The van der Waals surface area contributed by atoms with Crippen molar-refractivity contribution in [3.8, 4) is 5.75 Å². The lowest BCUT2D eigenvalue weighted by atomic mass is 10.1. The molecule has 0 saturated carbocycles. The molecule has 1 aromatic heterocycles. The minimum Gasteiger partial charge on any atom is -0.491 e. The average molecular weight is 558 g/mol. The molecule has 0 saturated heterocycles. The Labute approximate surface area is 195 Å². The van der Waals surface area contributed by atoms with Gasteiger partial charge in [0.25, 0.3) is 0 Å². The number of ether oxygens (including phenoxy) is 2. The molecule has 0 bridgehead atoms. The van der Waals surface area contributed by atoms with E-state index in [9.17, 15) is 13.2 Å². The monoisotopic (exact) mass is 558 g/mol. The zero-order valence-corrected chi connectivity index (χ0v) is 20.2. The summed E-state index contributed by atoms with van der Waals surface area (Å²) in [5.41, 5.74) is 1.20. The van der Waals surface area contributed by atoms with Crippen LogP contribution in [-0.4, -0.2) is 44.9 Å². The molecule has 0 unspecified atom stereocenters. The number of rotatable bonds is 9. The summed E-state index contributed by atoms with van der Waals surface area (Å²) in [5.74, 6) is 1.31. The van der Waals surface area contributed by atoms with Gasteiger partial charge in [-0.1, -0.05) is 12.1 Å². The van der Waals surface area contributed by atoms with E-state index in [1.807, 2.05) is 25.1 Å². The van der Waals surface area contributed by atoms with Crippen LogP contribution in [0, 0.1) is 6.92 Å². The van der Waals surface area contributed by atoms with Gasteiger partial charge in [0, 0.05) is 44.6 Å². The molecule has 0 fully saturated rings. The predicted molar refractivity (Wildman–Crippen MR) is 123 cm³/mol. The van der Waals surface area contributed by atoms with E-state index in [4.69, 9.17) is 9.47 Å². The number of aliphatic imine (C=N–C) groups is 1. The highest BCUT2D eigenvalue weighted by Gasteiger charge is 2.33. The summed E-state index contributed by atoms with van der Waals surface area (Å²) in [6.07, 6.45) is -4.03. The van der Waals surface area contributed by atoms with Crippen molar-refractivity contribution in [1.29, 1.82) is 0 Å². The molecule has 11 heteroatoms. The van der Waals surface area contributed by atoms with E-state index in [0.29, 0.717) is 43.7 Å². The fourth-order valence-electron chi connectivity index (χ4n) is 2.42. The van der Waals surface area contributed by atoms with Crippen LogP contribution in [0.4, 0.5) is 13.2 Å². The molecule has 6 nitrogen and oxygen atoms in total. The highest BCUT2D eigenvalue weighted by molar-refractivity contribution is 14.0. The maximum atomic E-state index is 12.6. The number of hydrogen-bond acceptors (Lipinski definition) is 5. The molecular weight excluding hydrogens is 532 g/mol. The second-order valence-corrected chi connectivity index (χ2v) is 7.12. The van der Waals surface area contributed by atoms with Crippen molar-refractivity contribution in [3.63, 3.8) is 0 Å². The van der Waals surface area contributed by atoms with Gasteiger partial charge in [-0.25, -0.2) is 4.98 Å². The first-order valence-corrected chi connectivity index (χ1v) is 9.89. The van der Waals surface area contributed by atoms with Gasteiger partial charge in [-0.15, -0.1) is 35.3 Å². The van der Waals surface area contributed by atoms with Gasteiger partial charge in [0.1, 0.15) is 12.4 Å². The van der Waals surface area contributed by atoms with Crippen LogP contribution in [0.5, 0.6) is 5.75 Å². The van der Waals surface area contributed by atoms with E-state index in [-0.39, 0.29) is 24.0 Å². The summed E-state index contributed by atoms with van der Waals surface area (Å²) in [6, 6.07) is 5.94. The van der Waals surface area contributed by atoms with Gasteiger partial charge in [-0.2, -0.15) is 13.2 Å². The first kappa shape index (κ1) is 26.4. The zero-order valence-electron chi connectivity index (χ0n) is 17.0. The largest absolute Gasteiger partial charge is 0.491 e. The second-order valence-electron chi connectivity index (χ2n) is 6.18. The third-order valence-electron chi connectivity index (χ3n) is 3.91. The topological polar surface area (TPSA) is 67.8 Å². The molecule has 0 aliphatic rings. The van der Waals surface area contributed by atoms with Gasteiger partial charge in [0.2, 0.25) is 0 Å². The Kier molecular flexibility index (Phi) is 11.4. The van der Waals surface area contributed by atoms with Crippen LogP contribution in [0.3, 0.4) is 0 Å². The molecule has 168 valence electrons. The zero-order chi connectivity index (χ0) is 21.3. The van der Waals surface area contributed by atoms with Gasteiger partial charge in [0.15, 0.2) is 11.7 Å². The Morgan fingerprint density at radius 3 is 2.63 bits per heavy atom. The lowest BCUT2D eigenvalue weighted by Crippen LogP contribution is -2.38. The van der Waals surface area contributed by atoms with Crippen molar-refractivity contribution in [2.75, 3.05) is 33.9 Å². The standard InChI is InChI=1S/C19H25F3N4O2S.HI/c1-13-4-5-14(15(10-13)28-9-8-27-3)11-25-18(23-2)24-7-6-17-26-16(12-29-17)19(20,21)22;/h4-5,10,12H,6-9,11H2,1-3H3,(H2,23,24,25);1H. The molecule has 0 aliphatic carbocycles.